The molecule has 3 rings (SSSR count). The molecule has 0 spiro atoms. The molecule has 38 heavy (non-hydrogen) atoms. The van der Waals surface area contributed by atoms with Crippen LogP contribution in [0.5, 0.6) is 0 Å². The summed E-state index contributed by atoms with van der Waals surface area (Å²) in [6, 6.07) is 8.16. The summed E-state index contributed by atoms with van der Waals surface area (Å²) in [5.74, 6) is -0.401. The standard InChI is InChI=1S/C28H40N6O4/c1-18-9-10-19(2)34(26(36)38-27(3,4)5)24(18)25(35)30-21(16-29)15-20-11-13-22(14-12-20)33-17-23(31-32-33)28(6,7)37-8/h11-14,17-19,21,24H,9-10,15H2,1-8H3,(H,30,35)/t18-,19+,21+,24+/m1/s1. The Morgan fingerprint density at radius 3 is 2.39 bits per heavy atom. The fourth-order valence-corrected chi connectivity index (χ4v) is 4.52. The quantitative estimate of drug-likeness (QED) is 0.578. The highest BCUT2D eigenvalue weighted by Crippen LogP contribution is 2.30. The molecule has 206 valence electrons. The van der Waals surface area contributed by atoms with Gasteiger partial charge >= 0.3 is 6.09 Å². The SMILES string of the molecule is COC(C)(C)c1cn(-c2ccc(C[C@@H](C#N)NC(=O)[C@@H]3[C@H](C)CC[C@H](C)N3C(=O)OC(C)(C)C)cc2)nn1. The van der Waals surface area contributed by atoms with Gasteiger partial charge in [0.1, 0.15) is 29.0 Å². The van der Waals surface area contributed by atoms with Crippen LogP contribution >= 0.6 is 0 Å². The molecule has 0 radical (unpaired) electrons. The van der Waals surface area contributed by atoms with Crippen LogP contribution in [0, 0.1) is 17.2 Å². The molecule has 1 aliphatic rings. The van der Waals surface area contributed by atoms with E-state index in [1.165, 1.54) is 4.90 Å². The van der Waals surface area contributed by atoms with Gasteiger partial charge in [0.25, 0.3) is 0 Å². The third-order valence-corrected chi connectivity index (χ3v) is 6.96. The second-order valence-corrected chi connectivity index (χ2v) is 11.6. The summed E-state index contributed by atoms with van der Waals surface area (Å²) in [6.07, 6.45) is 3.23. The van der Waals surface area contributed by atoms with E-state index in [-0.39, 0.29) is 17.9 Å². The number of hydrogen-bond acceptors (Lipinski definition) is 7. The number of aromatic nitrogens is 3. The number of nitrogens with zero attached hydrogens (tertiary/aromatic N) is 5. The number of amides is 2. The predicted octanol–water partition coefficient (Wildman–Crippen LogP) is 4.12. The van der Waals surface area contributed by atoms with Crippen molar-refractivity contribution in [2.24, 2.45) is 5.92 Å². The number of rotatable bonds is 7. The molecule has 0 aliphatic carbocycles. The monoisotopic (exact) mass is 524 g/mol. The Morgan fingerprint density at radius 1 is 1.16 bits per heavy atom. The topological polar surface area (TPSA) is 122 Å². The van der Waals surface area contributed by atoms with Gasteiger partial charge in [0.2, 0.25) is 5.91 Å². The van der Waals surface area contributed by atoms with E-state index in [1.54, 1.807) is 32.6 Å². The zero-order chi connectivity index (χ0) is 28.3. The van der Waals surface area contributed by atoms with Crippen LogP contribution < -0.4 is 5.32 Å². The average Bonchev–Trinajstić information content (AvgIpc) is 3.35. The Labute approximate surface area is 225 Å². The summed E-state index contributed by atoms with van der Waals surface area (Å²) >= 11 is 0. The minimum absolute atomic E-state index is 0.0620. The Balaban J connectivity index is 1.70. The highest BCUT2D eigenvalue weighted by Gasteiger charge is 2.43. The number of methoxy groups -OCH3 is 1. The molecule has 10 heteroatoms. The van der Waals surface area contributed by atoms with Crippen molar-refractivity contribution in [3.8, 4) is 11.8 Å². The number of carbonyl (C=O) groups excluding carboxylic acids is 2. The summed E-state index contributed by atoms with van der Waals surface area (Å²) < 4.78 is 12.7. The molecule has 2 aromatic rings. The van der Waals surface area contributed by atoms with Crippen LogP contribution in [0.15, 0.2) is 30.5 Å². The van der Waals surface area contributed by atoms with Crippen LogP contribution in [-0.2, 0) is 26.3 Å². The van der Waals surface area contributed by atoms with Crippen LogP contribution in [0.1, 0.15) is 72.6 Å². The minimum atomic E-state index is -0.751. The summed E-state index contributed by atoms with van der Waals surface area (Å²) in [6.45, 7) is 13.1. The van der Waals surface area contributed by atoms with Gasteiger partial charge in [0, 0.05) is 19.6 Å². The van der Waals surface area contributed by atoms with E-state index in [4.69, 9.17) is 9.47 Å². The lowest BCUT2D eigenvalue weighted by Gasteiger charge is -2.43. The molecule has 1 fully saturated rings. The van der Waals surface area contributed by atoms with E-state index in [2.05, 4.69) is 21.7 Å². The third kappa shape index (κ3) is 6.90. The van der Waals surface area contributed by atoms with Crippen molar-refractivity contribution in [1.29, 1.82) is 5.26 Å². The summed E-state index contributed by atoms with van der Waals surface area (Å²) in [5, 5.41) is 21.1. The number of piperidine rings is 1. The normalized spacial score (nSPS) is 20.9. The van der Waals surface area contributed by atoms with Gasteiger partial charge in [-0.25, -0.2) is 9.48 Å². The van der Waals surface area contributed by atoms with Crippen molar-refractivity contribution < 1.29 is 19.1 Å². The van der Waals surface area contributed by atoms with Crippen LogP contribution in [-0.4, -0.2) is 62.7 Å². The minimum Gasteiger partial charge on any atom is -0.444 e. The van der Waals surface area contributed by atoms with Gasteiger partial charge in [0.15, 0.2) is 0 Å². The van der Waals surface area contributed by atoms with Crippen molar-refractivity contribution in [1.82, 2.24) is 25.2 Å². The first-order valence-electron chi connectivity index (χ1n) is 13.0. The predicted molar refractivity (Wildman–Crippen MR) is 142 cm³/mol. The average molecular weight is 525 g/mol. The second kappa shape index (κ2) is 11.5. The van der Waals surface area contributed by atoms with Crippen LogP contribution in [0.3, 0.4) is 0 Å². The maximum atomic E-state index is 13.4. The van der Waals surface area contributed by atoms with Gasteiger partial charge in [-0.2, -0.15) is 5.26 Å². The maximum Gasteiger partial charge on any atom is 0.411 e. The van der Waals surface area contributed by atoms with Gasteiger partial charge in [0.05, 0.1) is 18.0 Å². The molecule has 0 unspecified atom stereocenters. The second-order valence-electron chi connectivity index (χ2n) is 11.6. The van der Waals surface area contributed by atoms with Crippen molar-refractivity contribution in [2.45, 2.75) is 97.1 Å². The van der Waals surface area contributed by atoms with E-state index in [0.29, 0.717) is 12.1 Å². The first-order chi connectivity index (χ1) is 17.8. The Kier molecular flexibility index (Phi) is 8.82. The van der Waals surface area contributed by atoms with Gasteiger partial charge in [-0.1, -0.05) is 24.3 Å². The van der Waals surface area contributed by atoms with Crippen LogP contribution in [0.4, 0.5) is 4.79 Å². The fraction of sp³-hybridized carbons (Fsp3) is 0.607. The highest BCUT2D eigenvalue weighted by molar-refractivity contribution is 5.87. The van der Waals surface area contributed by atoms with Gasteiger partial charge in [-0.15, -0.1) is 5.10 Å². The molecule has 1 aromatic carbocycles. The van der Waals surface area contributed by atoms with E-state index >= 15 is 0 Å². The number of nitriles is 1. The van der Waals surface area contributed by atoms with Crippen molar-refractivity contribution in [2.75, 3.05) is 7.11 Å². The lowest BCUT2D eigenvalue weighted by atomic mass is 9.86. The number of carbonyl (C=O) groups is 2. The van der Waals surface area contributed by atoms with Crippen molar-refractivity contribution in [3.63, 3.8) is 0 Å². The molecule has 2 heterocycles. The van der Waals surface area contributed by atoms with E-state index in [0.717, 1.165) is 24.1 Å². The Hall–Kier alpha value is -3.45. The lowest BCUT2D eigenvalue weighted by molar-refractivity contribution is -0.131. The van der Waals surface area contributed by atoms with E-state index in [1.807, 2.05) is 58.2 Å². The van der Waals surface area contributed by atoms with Crippen molar-refractivity contribution >= 4 is 12.0 Å². The van der Waals surface area contributed by atoms with Crippen LogP contribution in [0.25, 0.3) is 5.69 Å². The Morgan fingerprint density at radius 2 is 1.82 bits per heavy atom. The van der Waals surface area contributed by atoms with E-state index < -0.39 is 29.4 Å². The van der Waals surface area contributed by atoms with E-state index in [9.17, 15) is 14.9 Å². The molecule has 0 saturated carbocycles. The highest BCUT2D eigenvalue weighted by atomic mass is 16.6. The number of ether oxygens (including phenoxy) is 2. The van der Waals surface area contributed by atoms with Crippen molar-refractivity contribution in [3.05, 3.63) is 41.7 Å². The molecule has 1 N–H and O–H groups in total. The third-order valence-electron chi connectivity index (χ3n) is 6.96. The Bertz CT molecular complexity index is 1160. The largest absolute Gasteiger partial charge is 0.444 e. The zero-order valence-electron chi connectivity index (χ0n) is 23.7. The fourth-order valence-electron chi connectivity index (χ4n) is 4.52. The molecule has 2 amide bonds. The molecule has 1 aliphatic heterocycles. The molecular formula is C28H40N6O4. The zero-order valence-corrected chi connectivity index (χ0v) is 23.7. The van der Waals surface area contributed by atoms with Crippen LogP contribution in [0.2, 0.25) is 0 Å². The molecule has 1 saturated heterocycles. The molecular weight excluding hydrogens is 484 g/mol. The summed E-state index contributed by atoms with van der Waals surface area (Å²) in [7, 11) is 1.63. The maximum absolute atomic E-state index is 13.4. The van der Waals surface area contributed by atoms with Gasteiger partial charge in [-0.3, -0.25) is 9.69 Å². The molecule has 10 nitrogen and oxygen atoms in total. The first-order valence-corrected chi connectivity index (χ1v) is 13.0. The van der Waals surface area contributed by atoms with Gasteiger partial charge in [-0.05, 0) is 78.0 Å². The van der Waals surface area contributed by atoms with Gasteiger partial charge < -0.3 is 14.8 Å². The number of nitrogens with one attached hydrogen (secondary N) is 1. The molecule has 4 atom stereocenters. The summed E-state index contributed by atoms with van der Waals surface area (Å²) in [5.41, 5.74) is 1.18. The number of likely N-dealkylation sites (tertiary alicyclic amines) is 1. The number of hydrogen-bond donors (Lipinski definition) is 1. The smallest absolute Gasteiger partial charge is 0.411 e. The molecule has 0 bridgehead atoms. The number of benzene rings is 1. The lowest BCUT2D eigenvalue weighted by Crippen LogP contribution is -2.60. The first kappa shape index (κ1) is 29.1. The molecule has 1 aromatic heterocycles. The summed E-state index contributed by atoms with van der Waals surface area (Å²) in [4.78, 5) is 27.9.